The van der Waals surface area contributed by atoms with E-state index in [4.69, 9.17) is 11.6 Å². The van der Waals surface area contributed by atoms with E-state index in [1.807, 2.05) is 42.6 Å². The maximum atomic E-state index is 12.9. The van der Waals surface area contributed by atoms with Gasteiger partial charge in [0.25, 0.3) is 0 Å². The molecule has 2 heterocycles. The molecule has 1 amide bonds. The summed E-state index contributed by atoms with van der Waals surface area (Å²) in [5.74, 6) is 0.169. The SMILES string of the molecule is O=C(NC1CCN(Cc2ccccn2)CC1)C1(c2cccc(Cl)c2)CC1. The Morgan fingerprint density at radius 2 is 2.00 bits per heavy atom. The van der Waals surface area contributed by atoms with Gasteiger partial charge in [-0.3, -0.25) is 14.7 Å². The van der Waals surface area contributed by atoms with Crippen molar-refractivity contribution in [3.63, 3.8) is 0 Å². The Morgan fingerprint density at radius 1 is 1.19 bits per heavy atom. The molecule has 2 aromatic rings. The lowest BCUT2D eigenvalue weighted by Gasteiger charge is -2.33. The van der Waals surface area contributed by atoms with Crippen LogP contribution in [-0.4, -0.2) is 34.9 Å². The Hall–Kier alpha value is -1.91. The number of aromatic nitrogens is 1. The van der Waals surface area contributed by atoms with Gasteiger partial charge in [-0.1, -0.05) is 29.8 Å². The minimum atomic E-state index is -0.351. The number of nitrogens with zero attached hydrogens (tertiary/aromatic N) is 2. The van der Waals surface area contributed by atoms with Crippen LogP contribution in [0.2, 0.25) is 5.02 Å². The molecule has 4 nitrogen and oxygen atoms in total. The number of halogens is 1. The summed E-state index contributed by atoms with van der Waals surface area (Å²) in [5.41, 5.74) is 1.80. The first-order valence-electron chi connectivity index (χ1n) is 9.35. The van der Waals surface area contributed by atoms with Gasteiger partial charge < -0.3 is 5.32 Å². The highest BCUT2D eigenvalue weighted by molar-refractivity contribution is 6.30. The lowest BCUT2D eigenvalue weighted by Crippen LogP contribution is -2.47. The summed E-state index contributed by atoms with van der Waals surface area (Å²) in [6, 6.07) is 14.0. The average molecular weight is 370 g/mol. The number of rotatable bonds is 5. The smallest absolute Gasteiger partial charge is 0.230 e. The number of piperidine rings is 1. The fourth-order valence-corrected chi connectivity index (χ4v) is 4.03. The molecular formula is C21H24ClN3O. The van der Waals surface area contributed by atoms with Crippen molar-refractivity contribution in [2.75, 3.05) is 13.1 Å². The second-order valence-corrected chi connectivity index (χ2v) is 7.87. The van der Waals surface area contributed by atoms with E-state index in [1.165, 1.54) is 0 Å². The molecule has 0 atom stereocenters. The van der Waals surface area contributed by atoms with E-state index in [1.54, 1.807) is 0 Å². The van der Waals surface area contributed by atoms with Crippen LogP contribution in [0.25, 0.3) is 0 Å². The third-order valence-electron chi connectivity index (χ3n) is 5.60. The summed E-state index contributed by atoms with van der Waals surface area (Å²) in [4.78, 5) is 19.7. The lowest BCUT2D eigenvalue weighted by molar-refractivity contribution is -0.124. The van der Waals surface area contributed by atoms with Gasteiger partial charge in [0.2, 0.25) is 5.91 Å². The van der Waals surface area contributed by atoms with E-state index in [9.17, 15) is 4.79 Å². The molecule has 0 bridgehead atoms. The molecule has 5 heteroatoms. The number of carbonyl (C=O) groups is 1. The zero-order chi connectivity index (χ0) is 18.0. The monoisotopic (exact) mass is 369 g/mol. The molecule has 0 unspecified atom stereocenters. The van der Waals surface area contributed by atoms with E-state index in [0.29, 0.717) is 5.02 Å². The summed E-state index contributed by atoms with van der Waals surface area (Å²) in [6.45, 7) is 2.87. The molecule has 0 radical (unpaired) electrons. The maximum absolute atomic E-state index is 12.9. The third kappa shape index (κ3) is 3.76. The van der Waals surface area contributed by atoms with Crippen molar-refractivity contribution in [3.8, 4) is 0 Å². The second kappa shape index (κ2) is 7.37. The molecule has 1 aromatic heterocycles. The van der Waals surface area contributed by atoms with Crippen LogP contribution < -0.4 is 5.32 Å². The van der Waals surface area contributed by atoms with Crippen molar-refractivity contribution in [2.45, 2.75) is 43.7 Å². The standard InChI is InChI=1S/C21H24ClN3O/c22-17-5-3-4-16(14-17)21(9-10-21)20(26)24-18-7-12-25(13-8-18)15-19-6-1-2-11-23-19/h1-6,11,14,18H,7-10,12-13,15H2,(H,24,26). The van der Waals surface area contributed by atoms with E-state index < -0.39 is 0 Å². The van der Waals surface area contributed by atoms with Crippen LogP contribution in [-0.2, 0) is 16.8 Å². The molecular weight excluding hydrogens is 346 g/mol. The van der Waals surface area contributed by atoms with E-state index in [-0.39, 0.29) is 17.4 Å². The predicted octanol–water partition coefficient (Wildman–Crippen LogP) is 3.55. The summed E-state index contributed by atoms with van der Waals surface area (Å²) in [5, 5.41) is 4.00. The highest BCUT2D eigenvalue weighted by Crippen LogP contribution is 2.49. The molecule has 1 aromatic carbocycles. The van der Waals surface area contributed by atoms with Gasteiger partial charge in [-0.15, -0.1) is 0 Å². The van der Waals surface area contributed by atoms with Crippen molar-refractivity contribution in [3.05, 3.63) is 64.9 Å². The molecule has 4 rings (SSSR count). The summed E-state index contributed by atoms with van der Waals surface area (Å²) in [7, 11) is 0. The first kappa shape index (κ1) is 17.5. The first-order valence-corrected chi connectivity index (χ1v) is 9.73. The Bertz CT molecular complexity index is 768. The molecule has 1 aliphatic heterocycles. The van der Waals surface area contributed by atoms with Crippen molar-refractivity contribution < 1.29 is 4.79 Å². The van der Waals surface area contributed by atoms with Crippen LogP contribution in [0.4, 0.5) is 0 Å². The van der Waals surface area contributed by atoms with Gasteiger partial charge in [-0.25, -0.2) is 0 Å². The number of hydrogen-bond acceptors (Lipinski definition) is 3. The van der Waals surface area contributed by atoms with Gasteiger partial charge in [0.05, 0.1) is 11.1 Å². The molecule has 1 saturated carbocycles. The first-order chi connectivity index (χ1) is 12.7. The Labute approximate surface area is 159 Å². The van der Waals surface area contributed by atoms with Gasteiger partial charge in [-0.2, -0.15) is 0 Å². The largest absolute Gasteiger partial charge is 0.353 e. The van der Waals surface area contributed by atoms with Gasteiger partial charge in [0, 0.05) is 36.9 Å². The quantitative estimate of drug-likeness (QED) is 0.876. The number of pyridine rings is 1. The fourth-order valence-electron chi connectivity index (χ4n) is 3.84. The Kier molecular flexibility index (Phi) is 4.96. The van der Waals surface area contributed by atoms with Crippen LogP contribution in [0.15, 0.2) is 48.7 Å². The zero-order valence-corrected chi connectivity index (χ0v) is 15.6. The van der Waals surface area contributed by atoms with Crippen LogP contribution in [0.3, 0.4) is 0 Å². The second-order valence-electron chi connectivity index (χ2n) is 7.44. The normalized spacial score (nSPS) is 19.9. The summed E-state index contributed by atoms with van der Waals surface area (Å²) < 4.78 is 0. The van der Waals surface area contributed by atoms with Crippen LogP contribution in [0.1, 0.15) is 36.9 Å². The third-order valence-corrected chi connectivity index (χ3v) is 5.83. The summed E-state index contributed by atoms with van der Waals surface area (Å²) >= 11 is 6.12. The number of nitrogens with one attached hydrogen (secondary N) is 1. The van der Waals surface area contributed by atoms with E-state index in [0.717, 1.165) is 56.6 Å². The van der Waals surface area contributed by atoms with Gasteiger partial charge in [0.1, 0.15) is 0 Å². The number of amides is 1. The predicted molar refractivity (Wildman–Crippen MR) is 103 cm³/mol. The number of hydrogen-bond donors (Lipinski definition) is 1. The zero-order valence-electron chi connectivity index (χ0n) is 14.8. The van der Waals surface area contributed by atoms with E-state index >= 15 is 0 Å². The molecule has 1 N–H and O–H groups in total. The molecule has 1 saturated heterocycles. The minimum Gasteiger partial charge on any atom is -0.353 e. The Balaban J connectivity index is 1.31. The minimum absolute atomic E-state index is 0.169. The maximum Gasteiger partial charge on any atom is 0.230 e. The van der Waals surface area contributed by atoms with Crippen LogP contribution in [0.5, 0.6) is 0 Å². The topological polar surface area (TPSA) is 45.2 Å². The molecule has 0 spiro atoms. The molecule has 26 heavy (non-hydrogen) atoms. The molecule has 136 valence electrons. The van der Waals surface area contributed by atoms with E-state index in [2.05, 4.69) is 21.3 Å². The number of benzene rings is 1. The van der Waals surface area contributed by atoms with Crippen molar-refractivity contribution in [2.24, 2.45) is 0 Å². The summed E-state index contributed by atoms with van der Waals surface area (Å²) in [6.07, 6.45) is 5.65. The van der Waals surface area contributed by atoms with Crippen molar-refractivity contribution in [1.82, 2.24) is 15.2 Å². The number of likely N-dealkylation sites (tertiary alicyclic amines) is 1. The van der Waals surface area contributed by atoms with Gasteiger partial charge in [0.15, 0.2) is 0 Å². The highest BCUT2D eigenvalue weighted by Gasteiger charge is 2.51. The van der Waals surface area contributed by atoms with Crippen LogP contribution >= 0.6 is 11.6 Å². The van der Waals surface area contributed by atoms with Crippen LogP contribution in [0, 0.1) is 0 Å². The molecule has 2 aliphatic rings. The highest BCUT2D eigenvalue weighted by atomic mass is 35.5. The number of carbonyl (C=O) groups excluding carboxylic acids is 1. The lowest BCUT2D eigenvalue weighted by atomic mass is 9.94. The van der Waals surface area contributed by atoms with Gasteiger partial charge >= 0.3 is 0 Å². The molecule has 2 fully saturated rings. The molecule has 1 aliphatic carbocycles. The van der Waals surface area contributed by atoms with Crippen molar-refractivity contribution in [1.29, 1.82) is 0 Å². The average Bonchev–Trinajstić information content (AvgIpc) is 3.46. The van der Waals surface area contributed by atoms with Gasteiger partial charge in [-0.05, 0) is 55.5 Å². The Morgan fingerprint density at radius 3 is 2.65 bits per heavy atom. The fraction of sp³-hybridized carbons (Fsp3) is 0.429. The van der Waals surface area contributed by atoms with Crippen molar-refractivity contribution >= 4 is 17.5 Å².